The molecule has 0 aromatic carbocycles. The molecule has 1 saturated heterocycles. The summed E-state index contributed by atoms with van der Waals surface area (Å²) in [6, 6.07) is 6.06. The molecule has 0 radical (unpaired) electrons. The van der Waals surface area contributed by atoms with Crippen molar-refractivity contribution in [3.8, 4) is 0 Å². The van der Waals surface area contributed by atoms with Crippen molar-refractivity contribution in [2.45, 2.75) is 32.7 Å². The Balaban J connectivity index is 1.29. The number of aromatic nitrogens is 4. The van der Waals surface area contributed by atoms with Crippen LogP contribution in [0, 0.1) is 12.8 Å². The highest BCUT2D eigenvalue weighted by Crippen LogP contribution is 2.23. The lowest BCUT2D eigenvalue weighted by Gasteiger charge is -2.31. The molecule has 1 aliphatic heterocycles. The van der Waals surface area contributed by atoms with E-state index in [9.17, 15) is 0 Å². The third-order valence-corrected chi connectivity index (χ3v) is 5.70. The van der Waals surface area contributed by atoms with E-state index < -0.39 is 0 Å². The monoisotopic (exact) mass is 380 g/mol. The molecule has 1 fully saturated rings. The van der Waals surface area contributed by atoms with Crippen LogP contribution < -0.4 is 5.32 Å². The van der Waals surface area contributed by atoms with Crippen molar-refractivity contribution in [1.29, 1.82) is 0 Å². The Morgan fingerprint density at radius 1 is 1.15 bits per heavy atom. The summed E-state index contributed by atoms with van der Waals surface area (Å²) < 4.78 is 0. The van der Waals surface area contributed by atoms with Crippen LogP contribution in [0.4, 0.5) is 10.9 Å². The van der Waals surface area contributed by atoms with Gasteiger partial charge in [0.15, 0.2) is 5.13 Å². The van der Waals surface area contributed by atoms with Crippen LogP contribution in [0.3, 0.4) is 0 Å². The average molecular weight is 381 g/mol. The fraction of sp³-hybridized carbons (Fsp3) is 0.400. The molecule has 0 saturated carbocycles. The lowest BCUT2D eigenvalue weighted by atomic mass is 9.93. The number of rotatable bonds is 6. The van der Waals surface area contributed by atoms with Crippen LogP contribution in [0.5, 0.6) is 0 Å². The molecule has 27 heavy (non-hydrogen) atoms. The predicted molar refractivity (Wildman–Crippen MR) is 108 cm³/mol. The fourth-order valence-corrected chi connectivity index (χ4v) is 4.12. The Bertz CT molecular complexity index is 858. The van der Waals surface area contributed by atoms with Gasteiger partial charge in [-0.05, 0) is 56.5 Å². The van der Waals surface area contributed by atoms with Crippen molar-refractivity contribution in [3.63, 3.8) is 0 Å². The number of piperidine rings is 1. The zero-order valence-corrected chi connectivity index (χ0v) is 16.3. The number of thiazole rings is 1. The van der Waals surface area contributed by atoms with Gasteiger partial charge in [0.1, 0.15) is 11.6 Å². The maximum Gasteiger partial charge on any atom is 0.188 e. The Hall–Kier alpha value is -2.38. The molecule has 4 heterocycles. The minimum atomic E-state index is 0.646. The number of nitrogens with one attached hydrogen (secondary N) is 1. The summed E-state index contributed by atoms with van der Waals surface area (Å²) in [6.07, 6.45) is 10.8. The zero-order chi connectivity index (χ0) is 18.5. The van der Waals surface area contributed by atoms with E-state index in [0.29, 0.717) is 5.92 Å². The number of pyridine rings is 1. The van der Waals surface area contributed by atoms with E-state index in [4.69, 9.17) is 0 Å². The summed E-state index contributed by atoms with van der Waals surface area (Å²) in [5.41, 5.74) is 1.29. The molecule has 1 aliphatic rings. The molecule has 1 N–H and O–H groups in total. The molecular formula is C20H24N6S. The molecule has 7 heteroatoms. The predicted octanol–water partition coefficient (Wildman–Crippen LogP) is 3.83. The van der Waals surface area contributed by atoms with Gasteiger partial charge in [0.05, 0.1) is 0 Å². The van der Waals surface area contributed by atoms with Crippen molar-refractivity contribution < 1.29 is 0 Å². The molecule has 140 valence electrons. The SMILES string of the molecule is Cc1cnc(Nc2ccnc(CC3CCN(Cc4cccnc4)CC3)n2)s1. The molecule has 0 atom stereocenters. The fourth-order valence-electron chi connectivity index (χ4n) is 3.45. The van der Waals surface area contributed by atoms with Crippen LogP contribution in [0.25, 0.3) is 0 Å². The second kappa shape index (κ2) is 8.54. The summed E-state index contributed by atoms with van der Waals surface area (Å²) in [6.45, 7) is 5.28. The number of anilines is 2. The van der Waals surface area contributed by atoms with Crippen molar-refractivity contribution in [2.75, 3.05) is 18.4 Å². The van der Waals surface area contributed by atoms with Crippen LogP contribution in [0.2, 0.25) is 0 Å². The van der Waals surface area contributed by atoms with E-state index in [2.05, 4.69) is 43.1 Å². The van der Waals surface area contributed by atoms with Gasteiger partial charge in [0, 0.05) is 42.6 Å². The van der Waals surface area contributed by atoms with Gasteiger partial charge in [0.25, 0.3) is 0 Å². The molecule has 0 aliphatic carbocycles. The minimum absolute atomic E-state index is 0.646. The summed E-state index contributed by atoms with van der Waals surface area (Å²) in [5.74, 6) is 2.38. The molecule has 3 aromatic heterocycles. The number of nitrogens with zero attached hydrogens (tertiary/aromatic N) is 5. The van der Waals surface area contributed by atoms with Crippen LogP contribution >= 0.6 is 11.3 Å². The number of likely N-dealkylation sites (tertiary alicyclic amines) is 1. The van der Waals surface area contributed by atoms with Gasteiger partial charge in [-0.2, -0.15) is 0 Å². The second-order valence-electron chi connectivity index (χ2n) is 7.04. The lowest BCUT2D eigenvalue weighted by molar-refractivity contribution is 0.176. The van der Waals surface area contributed by atoms with Crippen molar-refractivity contribution in [3.05, 3.63) is 59.3 Å². The molecule has 3 aromatic rings. The maximum absolute atomic E-state index is 4.68. The Labute approximate surface area is 163 Å². The largest absolute Gasteiger partial charge is 0.316 e. The summed E-state index contributed by atoms with van der Waals surface area (Å²) in [5, 5.41) is 4.15. The molecule has 6 nitrogen and oxygen atoms in total. The summed E-state index contributed by atoms with van der Waals surface area (Å²) in [7, 11) is 0. The molecule has 0 bridgehead atoms. The van der Waals surface area contributed by atoms with E-state index in [1.54, 1.807) is 11.3 Å². The van der Waals surface area contributed by atoms with Crippen molar-refractivity contribution in [1.82, 2.24) is 24.8 Å². The van der Waals surface area contributed by atoms with Crippen molar-refractivity contribution in [2.24, 2.45) is 5.92 Å². The quantitative estimate of drug-likeness (QED) is 0.701. The molecule has 0 amide bonds. The highest BCUT2D eigenvalue weighted by atomic mass is 32.1. The topological polar surface area (TPSA) is 66.8 Å². The summed E-state index contributed by atoms with van der Waals surface area (Å²) >= 11 is 1.63. The third kappa shape index (κ3) is 5.08. The number of hydrogen-bond donors (Lipinski definition) is 1. The van der Waals surface area contributed by atoms with Gasteiger partial charge in [0.2, 0.25) is 0 Å². The highest BCUT2D eigenvalue weighted by Gasteiger charge is 2.20. The lowest BCUT2D eigenvalue weighted by Crippen LogP contribution is -2.34. The Kier molecular flexibility index (Phi) is 5.69. The van der Waals surface area contributed by atoms with Crippen LogP contribution in [-0.4, -0.2) is 37.9 Å². The summed E-state index contributed by atoms with van der Waals surface area (Å²) in [4.78, 5) is 21.4. The first kappa shape index (κ1) is 18.0. The molecular weight excluding hydrogens is 356 g/mol. The normalized spacial score (nSPS) is 15.7. The van der Waals surface area contributed by atoms with E-state index in [-0.39, 0.29) is 0 Å². The first-order chi connectivity index (χ1) is 13.2. The molecule has 0 spiro atoms. The van der Waals surface area contributed by atoms with Gasteiger partial charge in [-0.1, -0.05) is 6.07 Å². The highest BCUT2D eigenvalue weighted by molar-refractivity contribution is 7.15. The molecule has 4 rings (SSSR count). The van der Waals surface area contributed by atoms with Gasteiger partial charge in [-0.3, -0.25) is 9.88 Å². The van der Waals surface area contributed by atoms with Crippen LogP contribution in [0.15, 0.2) is 43.0 Å². The average Bonchev–Trinajstić information content (AvgIpc) is 3.09. The smallest absolute Gasteiger partial charge is 0.188 e. The molecule has 0 unspecified atom stereocenters. The van der Waals surface area contributed by atoms with Gasteiger partial charge in [-0.25, -0.2) is 15.0 Å². The van der Waals surface area contributed by atoms with E-state index >= 15 is 0 Å². The van der Waals surface area contributed by atoms with E-state index in [1.807, 2.05) is 36.9 Å². The third-order valence-electron chi connectivity index (χ3n) is 4.87. The van der Waals surface area contributed by atoms with E-state index in [0.717, 1.165) is 42.8 Å². The van der Waals surface area contributed by atoms with E-state index in [1.165, 1.54) is 23.3 Å². The standard InChI is InChI=1S/C20H24N6S/c1-15-12-23-20(27-15)25-18-4-8-22-19(24-18)11-16-5-9-26(10-6-16)14-17-3-2-7-21-13-17/h2-4,7-8,12-13,16H,5-6,9-11,14H2,1H3,(H,22,23,24,25). The Morgan fingerprint density at radius 2 is 2.04 bits per heavy atom. The van der Waals surface area contributed by atoms with Crippen molar-refractivity contribution >= 4 is 22.3 Å². The van der Waals surface area contributed by atoms with Gasteiger partial charge in [-0.15, -0.1) is 11.3 Å². The number of hydrogen-bond acceptors (Lipinski definition) is 7. The maximum atomic E-state index is 4.68. The first-order valence-electron chi connectivity index (χ1n) is 9.37. The van der Waals surface area contributed by atoms with Crippen LogP contribution in [0.1, 0.15) is 29.1 Å². The second-order valence-corrected chi connectivity index (χ2v) is 8.28. The number of aryl methyl sites for hydroxylation is 1. The minimum Gasteiger partial charge on any atom is -0.316 e. The zero-order valence-electron chi connectivity index (χ0n) is 15.5. The van der Waals surface area contributed by atoms with Gasteiger partial charge < -0.3 is 5.32 Å². The van der Waals surface area contributed by atoms with Crippen LogP contribution in [-0.2, 0) is 13.0 Å². The Morgan fingerprint density at radius 3 is 2.78 bits per heavy atom. The van der Waals surface area contributed by atoms with Gasteiger partial charge >= 0.3 is 0 Å². The first-order valence-corrected chi connectivity index (χ1v) is 10.2.